The number of unbranched alkanes of at least 4 members (excludes halogenated alkanes) is 14. The van der Waals surface area contributed by atoms with Crippen LogP contribution in [0.3, 0.4) is 0 Å². The Morgan fingerprint density at radius 1 is 0.615 bits per heavy atom. The molecule has 0 fully saturated rings. The van der Waals surface area contributed by atoms with Crippen molar-refractivity contribution in [2.75, 3.05) is 19.8 Å². The first-order valence-corrected chi connectivity index (χ1v) is 21.2. The number of carbonyl (C=O) groups excluding carboxylic acids is 2. The Hall–Kier alpha value is -2.56. The standard InChI is InChI=1S/C40H70NO10P/c1-3-5-7-9-11-13-15-17-18-20-22-24-26-28-30-32-39(43)51-36(34-49-52(46,47)50-35-37(41)40(44)45)33-48-38(42)31-29-27-25-23-21-19-16-14-12-10-8-6-4-2/h5,7,11,13,17-18,22,24,36-37H,3-4,6,8-10,12,14-16,19-21,23,25-35,41H2,1-2H3,(H,44,45)(H,46,47)/b7-5+,13-11+,18-17+,24-22+/t36-,37+/m1/s1. The molecule has 0 spiro atoms. The van der Waals surface area contributed by atoms with Crippen molar-refractivity contribution in [3.05, 3.63) is 48.6 Å². The summed E-state index contributed by atoms with van der Waals surface area (Å²) in [6.45, 7) is 2.62. The summed E-state index contributed by atoms with van der Waals surface area (Å²) in [4.78, 5) is 45.8. The molecule has 11 nitrogen and oxygen atoms in total. The van der Waals surface area contributed by atoms with Gasteiger partial charge in [-0.05, 0) is 51.4 Å². The van der Waals surface area contributed by atoms with Crippen LogP contribution in [0.2, 0.25) is 0 Å². The molecular formula is C40H70NO10P. The lowest BCUT2D eigenvalue weighted by Gasteiger charge is -2.20. The number of aliphatic carboxylic acids is 1. The zero-order valence-corrected chi connectivity index (χ0v) is 33.0. The van der Waals surface area contributed by atoms with E-state index in [1.807, 2.05) is 0 Å². The Morgan fingerprint density at radius 3 is 1.62 bits per heavy atom. The lowest BCUT2D eigenvalue weighted by molar-refractivity contribution is -0.161. The van der Waals surface area contributed by atoms with Crippen LogP contribution in [0.15, 0.2) is 48.6 Å². The van der Waals surface area contributed by atoms with Crippen LogP contribution in [0.25, 0.3) is 0 Å². The van der Waals surface area contributed by atoms with Gasteiger partial charge < -0.3 is 25.2 Å². The second-order valence-electron chi connectivity index (χ2n) is 13.0. The summed E-state index contributed by atoms with van der Waals surface area (Å²) >= 11 is 0. The number of carboxylic acid groups (broad SMARTS) is 1. The van der Waals surface area contributed by atoms with E-state index in [0.717, 1.165) is 57.8 Å². The van der Waals surface area contributed by atoms with E-state index < -0.39 is 51.1 Å². The van der Waals surface area contributed by atoms with Gasteiger partial charge in [-0.3, -0.25) is 23.4 Å². The first-order chi connectivity index (χ1) is 25.1. The summed E-state index contributed by atoms with van der Waals surface area (Å²) in [6.07, 6.45) is 37.6. The maximum absolute atomic E-state index is 12.6. The van der Waals surface area contributed by atoms with Crippen molar-refractivity contribution in [2.45, 2.75) is 167 Å². The lowest BCUT2D eigenvalue weighted by Crippen LogP contribution is -2.34. The van der Waals surface area contributed by atoms with Crippen molar-refractivity contribution >= 4 is 25.7 Å². The van der Waals surface area contributed by atoms with Crippen LogP contribution in [0.5, 0.6) is 0 Å². The predicted octanol–water partition coefficient (Wildman–Crippen LogP) is 9.83. The number of hydrogen-bond donors (Lipinski definition) is 3. The first kappa shape index (κ1) is 49.4. The predicted molar refractivity (Wildman–Crippen MR) is 208 cm³/mol. The van der Waals surface area contributed by atoms with Crippen molar-refractivity contribution in [1.29, 1.82) is 0 Å². The van der Waals surface area contributed by atoms with E-state index in [1.165, 1.54) is 57.8 Å². The maximum Gasteiger partial charge on any atom is 0.472 e. The number of carbonyl (C=O) groups is 3. The maximum atomic E-state index is 12.6. The molecule has 0 heterocycles. The van der Waals surface area contributed by atoms with E-state index in [4.69, 9.17) is 24.8 Å². The molecule has 0 aromatic rings. The van der Waals surface area contributed by atoms with Crippen LogP contribution < -0.4 is 5.73 Å². The fourth-order valence-electron chi connectivity index (χ4n) is 5.00. The van der Waals surface area contributed by atoms with Gasteiger partial charge in [0, 0.05) is 12.8 Å². The summed E-state index contributed by atoms with van der Waals surface area (Å²) in [5.41, 5.74) is 5.31. The molecule has 0 saturated carbocycles. The van der Waals surface area contributed by atoms with E-state index in [1.54, 1.807) is 0 Å². The summed E-state index contributed by atoms with van der Waals surface area (Å²) in [5, 5.41) is 8.86. The Kier molecular flexibility index (Phi) is 33.7. The highest BCUT2D eigenvalue weighted by atomic mass is 31.2. The zero-order chi connectivity index (χ0) is 38.5. The quantitative estimate of drug-likeness (QED) is 0.0241. The number of phosphoric ester groups is 1. The van der Waals surface area contributed by atoms with Crippen LogP contribution in [-0.4, -0.2) is 59.9 Å². The smallest absolute Gasteiger partial charge is 0.472 e. The summed E-state index contributed by atoms with van der Waals surface area (Å²) in [6, 6.07) is -1.53. The van der Waals surface area contributed by atoms with Crippen LogP contribution in [-0.2, 0) is 37.5 Å². The highest BCUT2D eigenvalue weighted by Gasteiger charge is 2.28. The van der Waals surface area contributed by atoms with Gasteiger partial charge in [0.2, 0.25) is 0 Å². The van der Waals surface area contributed by atoms with E-state index in [9.17, 15) is 23.8 Å². The number of ether oxygens (including phenoxy) is 2. The second-order valence-corrected chi connectivity index (χ2v) is 14.5. The van der Waals surface area contributed by atoms with Gasteiger partial charge in [0.1, 0.15) is 12.6 Å². The molecule has 0 aliphatic carbocycles. The van der Waals surface area contributed by atoms with Crippen LogP contribution >= 0.6 is 7.82 Å². The van der Waals surface area contributed by atoms with Crippen LogP contribution in [0.4, 0.5) is 0 Å². The van der Waals surface area contributed by atoms with Gasteiger partial charge in [-0.15, -0.1) is 0 Å². The molecule has 0 radical (unpaired) electrons. The van der Waals surface area contributed by atoms with Gasteiger partial charge in [0.05, 0.1) is 13.2 Å². The number of hydrogen-bond acceptors (Lipinski definition) is 9. The Bertz CT molecular complexity index is 1070. The molecule has 3 atom stereocenters. The Labute approximate surface area is 314 Å². The van der Waals surface area contributed by atoms with Gasteiger partial charge in [-0.25, -0.2) is 4.57 Å². The van der Waals surface area contributed by atoms with E-state index >= 15 is 0 Å². The summed E-state index contributed by atoms with van der Waals surface area (Å²) in [7, 11) is -4.72. The van der Waals surface area contributed by atoms with Crippen molar-refractivity contribution in [3.8, 4) is 0 Å². The average Bonchev–Trinajstić information content (AvgIpc) is 3.12. The SMILES string of the molecule is CC/C=C/C/C=C/C/C=C/C/C=C/CCCCC(=O)O[C@H](COC(=O)CCCCCCCCCCCCCCC)COP(=O)(O)OC[C@H](N)C(=O)O. The monoisotopic (exact) mass is 755 g/mol. The van der Waals surface area contributed by atoms with Gasteiger partial charge in [0.25, 0.3) is 0 Å². The minimum atomic E-state index is -4.72. The molecule has 0 bridgehead atoms. The molecule has 0 amide bonds. The minimum Gasteiger partial charge on any atom is -0.480 e. The number of rotatable bonds is 36. The molecule has 0 aliphatic heterocycles. The molecule has 0 rings (SSSR count). The number of esters is 2. The highest BCUT2D eigenvalue weighted by molar-refractivity contribution is 7.47. The van der Waals surface area contributed by atoms with E-state index in [-0.39, 0.29) is 19.4 Å². The van der Waals surface area contributed by atoms with Gasteiger partial charge in [0.15, 0.2) is 6.10 Å². The third kappa shape index (κ3) is 34.5. The molecule has 0 aromatic carbocycles. The van der Waals surface area contributed by atoms with Crippen molar-refractivity contribution in [1.82, 2.24) is 0 Å². The lowest BCUT2D eigenvalue weighted by atomic mass is 10.0. The Morgan fingerprint density at radius 2 is 1.08 bits per heavy atom. The van der Waals surface area contributed by atoms with Gasteiger partial charge in [-0.2, -0.15) is 0 Å². The number of nitrogens with two attached hydrogens (primary N) is 1. The van der Waals surface area contributed by atoms with Crippen LogP contribution in [0, 0.1) is 0 Å². The van der Waals surface area contributed by atoms with Crippen molar-refractivity contribution < 1.29 is 47.5 Å². The zero-order valence-electron chi connectivity index (χ0n) is 32.1. The third-order valence-corrected chi connectivity index (χ3v) is 9.04. The molecule has 4 N–H and O–H groups in total. The average molecular weight is 756 g/mol. The Balaban J connectivity index is 4.50. The number of allylic oxidation sites excluding steroid dienone is 8. The fraction of sp³-hybridized carbons (Fsp3) is 0.725. The molecule has 300 valence electrons. The third-order valence-electron chi connectivity index (χ3n) is 8.09. The van der Waals surface area contributed by atoms with E-state index in [0.29, 0.717) is 12.8 Å². The molecule has 52 heavy (non-hydrogen) atoms. The molecule has 1 unspecified atom stereocenters. The minimum absolute atomic E-state index is 0.109. The van der Waals surface area contributed by atoms with Gasteiger partial charge >= 0.3 is 25.7 Å². The highest BCUT2D eigenvalue weighted by Crippen LogP contribution is 2.43. The van der Waals surface area contributed by atoms with Crippen LogP contribution in [0.1, 0.15) is 155 Å². The largest absolute Gasteiger partial charge is 0.480 e. The topological polar surface area (TPSA) is 172 Å². The van der Waals surface area contributed by atoms with E-state index in [2.05, 4.69) is 67.0 Å². The second kappa shape index (κ2) is 35.5. The molecule has 0 aliphatic rings. The van der Waals surface area contributed by atoms with Crippen molar-refractivity contribution in [3.63, 3.8) is 0 Å². The van der Waals surface area contributed by atoms with Gasteiger partial charge in [-0.1, -0.05) is 140 Å². The molecule has 12 heteroatoms. The molecule has 0 saturated heterocycles. The molecular weight excluding hydrogens is 685 g/mol. The van der Waals surface area contributed by atoms with Crippen molar-refractivity contribution in [2.24, 2.45) is 5.73 Å². The number of carboxylic acids is 1. The number of phosphoric acid groups is 1. The first-order valence-electron chi connectivity index (χ1n) is 19.7. The molecule has 0 aromatic heterocycles. The fourth-order valence-corrected chi connectivity index (χ4v) is 5.77. The summed E-state index contributed by atoms with van der Waals surface area (Å²) < 4.78 is 32.5. The normalized spacial score (nSPS) is 14.4. The summed E-state index contributed by atoms with van der Waals surface area (Å²) in [5.74, 6) is -2.44.